The van der Waals surface area contributed by atoms with Crippen LogP contribution in [0.2, 0.25) is 0 Å². The van der Waals surface area contributed by atoms with Gasteiger partial charge in [0.2, 0.25) is 0 Å². The predicted octanol–water partition coefficient (Wildman–Crippen LogP) is 3.14. The van der Waals surface area contributed by atoms with Crippen LogP contribution >= 0.6 is 0 Å². The van der Waals surface area contributed by atoms with E-state index in [4.69, 9.17) is 0 Å². The van der Waals surface area contributed by atoms with Gasteiger partial charge in [-0.05, 0) is 71.7 Å². The van der Waals surface area contributed by atoms with Crippen LogP contribution in [0.3, 0.4) is 0 Å². The van der Waals surface area contributed by atoms with Crippen LogP contribution in [0.25, 0.3) is 11.3 Å². The zero-order valence-corrected chi connectivity index (χ0v) is 14.6. The van der Waals surface area contributed by atoms with Crippen molar-refractivity contribution in [2.45, 2.75) is 48.5 Å². The highest BCUT2D eigenvalue weighted by molar-refractivity contribution is 5.65. The number of aromatic nitrogens is 2. The molecule has 2 rings (SSSR count). The molecule has 2 aromatic rings. The number of aryl methyl sites for hydroxylation is 4. The van der Waals surface area contributed by atoms with Gasteiger partial charge in [-0.1, -0.05) is 11.6 Å². The van der Waals surface area contributed by atoms with Crippen LogP contribution in [0.5, 0.6) is 0 Å². The van der Waals surface area contributed by atoms with Gasteiger partial charge in [-0.2, -0.15) is 10.2 Å². The van der Waals surface area contributed by atoms with Crippen molar-refractivity contribution in [3.05, 3.63) is 51.2 Å². The first-order valence-electron chi connectivity index (χ1n) is 7.64. The van der Waals surface area contributed by atoms with Gasteiger partial charge in [0.05, 0.1) is 11.4 Å². The molecule has 0 radical (unpaired) electrons. The van der Waals surface area contributed by atoms with Crippen molar-refractivity contribution >= 4 is 17.0 Å². The van der Waals surface area contributed by atoms with Gasteiger partial charge in [0, 0.05) is 21.8 Å². The van der Waals surface area contributed by atoms with Gasteiger partial charge in [0.1, 0.15) is 0 Å². The first kappa shape index (κ1) is 16.2. The van der Waals surface area contributed by atoms with E-state index in [1.165, 1.54) is 21.9 Å². The van der Waals surface area contributed by atoms with Crippen molar-refractivity contribution in [1.82, 2.24) is 10.2 Å². The second-order valence-electron chi connectivity index (χ2n) is 6.17. The molecule has 0 aliphatic heterocycles. The summed E-state index contributed by atoms with van der Waals surface area (Å²) in [5.41, 5.74) is 7.99. The molecular weight excluding hydrogens is 270 g/mol. The lowest BCUT2D eigenvalue weighted by atomic mass is 10.1. The minimum absolute atomic E-state index is 0.954. The number of hydrogen-bond donors (Lipinski definition) is 1. The largest absolute Gasteiger partial charge is 0.359 e. The monoisotopic (exact) mass is 295 g/mol. The Hall–Kier alpha value is -2.16. The van der Waals surface area contributed by atoms with Crippen LogP contribution in [0.15, 0.2) is 18.2 Å². The van der Waals surface area contributed by atoms with Crippen LogP contribution in [-0.4, -0.2) is 10.2 Å². The summed E-state index contributed by atoms with van der Waals surface area (Å²) in [6.45, 7) is 14.6. The number of rotatable bonds is 2. The molecule has 22 heavy (non-hydrogen) atoms. The standard InChI is InChI=1S/C19H25N3/c1-11(2)18-15(6)21-22-16(7)19(18)14(5)20-17-9-8-12(3)13(4)10-17/h8-10,20H,1-7H3/b19-14-. The molecule has 1 heterocycles. The van der Waals surface area contributed by atoms with Gasteiger partial charge in [-0.3, -0.25) is 0 Å². The summed E-state index contributed by atoms with van der Waals surface area (Å²) < 4.78 is 0. The van der Waals surface area contributed by atoms with E-state index >= 15 is 0 Å². The molecule has 0 aliphatic carbocycles. The molecule has 0 aliphatic rings. The zero-order chi connectivity index (χ0) is 16.4. The quantitative estimate of drug-likeness (QED) is 0.925. The minimum Gasteiger partial charge on any atom is -0.359 e. The third-order valence-corrected chi connectivity index (χ3v) is 4.04. The summed E-state index contributed by atoms with van der Waals surface area (Å²) in [7, 11) is 0. The van der Waals surface area contributed by atoms with E-state index in [-0.39, 0.29) is 0 Å². The highest BCUT2D eigenvalue weighted by Gasteiger charge is 2.05. The third-order valence-electron chi connectivity index (χ3n) is 4.04. The summed E-state index contributed by atoms with van der Waals surface area (Å²) in [6.07, 6.45) is 0. The van der Waals surface area contributed by atoms with E-state index in [1.807, 2.05) is 13.8 Å². The Labute approximate surface area is 132 Å². The van der Waals surface area contributed by atoms with Gasteiger partial charge in [0.15, 0.2) is 0 Å². The molecule has 0 spiro atoms. The predicted molar refractivity (Wildman–Crippen MR) is 94.1 cm³/mol. The summed E-state index contributed by atoms with van der Waals surface area (Å²) in [6, 6.07) is 6.44. The molecule has 3 nitrogen and oxygen atoms in total. The fraction of sp³-hybridized carbons (Fsp3) is 0.368. The smallest absolute Gasteiger partial charge is 0.0695 e. The van der Waals surface area contributed by atoms with Crippen LogP contribution in [-0.2, 0) is 0 Å². The Morgan fingerprint density at radius 1 is 0.818 bits per heavy atom. The maximum absolute atomic E-state index is 4.29. The Morgan fingerprint density at radius 3 is 1.95 bits per heavy atom. The van der Waals surface area contributed by atoms with Gasteiger partial charge in [0.25, 0.3) is 0 Å². The fourth-order valence-electron chi connectivity index (χ4n) is 2.78. The maximum Gasteiger partial charge on any atom is 0.0695 e. The lowest BCUT2D eigenvalue weighted by molar-refractivity contribution is 0.908. The van der Waals surface area contributed by atoms with Crippen molar-refractivity contribution in [3.63, 3.8) is 0 Å². The molecule has 0 bridgehead atoms. The SMILES string of the molecule is CC(C)=c1c(C)nnc(C)/c1=C(\C)Nc1ccc(C)c(C)c1. The van der Waals surface area contributed by atoms with E-state index in [0.717, 1.165) is 28.0 Å². The number of anilines is 1. The van der Waals surface area contributed by atoms with E-state index in [1.54, 1.807) is 0 Å². The highest BCUT2D eigenvalue weighted by atomic mass is 15.1. The molecule has 1 aromatic carbocycles. The van der Waals surface area contributed by atoms with E-state index < -0.39 is 0 Å². The Bertz CT molecular complexity index is 828. The number of nitrogens with one attached hydrogen (secondary N) is 1. The van der Waals surface area contributed by atoms with Crippen molar-refractivity contribution in [2.24, 2.45) is 0 Å². The van der Waals surface area contributed by atoms with Crippen molar-refractivity contribution in [1.29, 1.82) is 0 Å². The molecule has 116 valence electrons. The first-order chi connectivity index (χ1) is 10.3. The van der Waals surface area contributed by atoms with Gasteiger partial charge < -0.3 is 5.32 Å². The normalized spacial score (nSPS) is 12.1. The first-order valence-corrected chi connectivity index (χ1v) is 7.64. The zero-order valence-electron chi connectivity index (χ0n) is 14.6. The topological polar surface area (TPSA) is 37.8 Å². The summed E-state index contributed by atoms with van der Waals surface area (Å²) in [4.78, 5) is 0. The average molecular weight is 295 g/mol. The fourth-order valence-corrected chi connectivity index (χ4v) is 2.78. The highest BCUT2D eigenvalue weighted by Crippen LogP contribution is 2.15. The second kappa shape index (κ2) is 6.30. The Morgan fingerprint density at radius 2 is 1.41 bits per heavy atom. The van der Waals surface area contributed by atoms with Crippen molar-refractivity contribution in [3.8, 4) is 0 Å². The summed E-state index contributed by atoms with van der Waals surface area (Å²) in [5, 5.41) is 14.4. The van der Waals surface area contributed by atoms with Gasteiger partial charge in [-0.25, -0.2) is 0 Å². The van der Waals surface area contributed by atoms with Crippen molar-refractivity contribution in [2.75, 3.05) is 5.32 Å². The van der Waals surface area contributed by atoms with Crippen molar-refractivity contribution < 1.29 is 0 Å². The molecule has 0 amide bonds. The summed E-state index contributed by atoms with van der Waals surface area (Å²) >= 11 is 0. The molecule has 1 aromatic heterocycles. The minimum atomic E-state index is 0.954. The Kier molecular flexibility index (Phi) is 4.65. The van der Waals surface area contributed by atoms with E-state index in [9.17, 15) is 0 Å². The second-order valence-corrected chi connectivity index (χ2v) is 6.17. The Balaban J connectivity index is 2.67. The maximum atomic E-state index is 4.29. The molecular formula is C19H25N3. The van der Waals surface area contributed by atoms with Gasteiger partial charge in [-0.15, -0.1) is 0 Å². The van der Waals surface area contributed by atoms with Crippen LogP contribution in [0.4, 0.5) is 5.69 Å². The molecule has 0 fully saturated rings. The molecule has 1 N–H and O–H groups in total. The molecule has 0 saturated carbocycles. The number of hydrogen-bond acceptors (Lipinski definition) is 3. The van der Waals surface area contributed by atoms with E-state index in [0.29, 0.717) is 0 Å². The number of nitrogens with zero attached hydrogens (tertiary/aromatic N) is 2. The molecule has 0 saturated heterocycles. The van der Waals surface area contributed by atoms with Crippen LogP contribution < -0.4 is 15.8 Å². The van der Waals surface area contributed by atoms with Crippen LogP contribution in [0.1, 0.15) is 43.3 Å². The number of benzene rings is 1. The third kappa shape index (κ3) is 3.19. The van der Waals surface area contributed by atoms with E-state index in [2.05, 4.69) is 68.3 Å². The molecule has 0 atom stereocenters. The lowest BCUT2D eigenvalue weighted by Crippen LogP contribution is -2.37. The average Bonchev–Trinajstić information content (AvgIpc) is 2.44. The van der Waals surface area contributed by atoms with Crippen LogP contribution in [0, 0.1) is 27.7 Å². The molecule has 0 unspecified atom stereocenters. The summed E-state index contributed by atoms with van der Waals surface area (Å²) in [5.74, 6) is 0. The molecule has 3 heteroatoms. The lowest BCUT2D eigenvalue weighted by Gasteiger charge is -2.11. The van der Waals surface area contributed by atoms with Gasteiger partial charge >= 0.3 is 0 Å².